The molecule has 1 aromatic carbocycles. The Hall–Kier alpha value is -2.12. The molecular formula is C15H12ClF3N2O2. The molecule has 2 aromatic rings. The van der Waals surface area contributed by atoms with Gasteiger partial charge in [-0.3, -0.25) is 0 Å². The predicted molar refractivity (Wildman–Crippen MR) is 78.8 cm³/mol. The van der Waals surface area contributed by atoms with Gasteiger partial charge in [0.1, 0.15) is 5.75 Å². The summed E-state index contributed by atoms with van der Waals surface area (Å²) in [6, 6.07) is 6.71. The molecule has 23 heavy (non-hydrogen) atoms. The first kappa shape index (κ1) is 17.2. The lowest BCUT2D eigenvalue weighted by Gasteiger charge is -2.11. The summed E-state index contributed by atoms with van der Waals surface area (Å²) in [5.74, 6) is -0.334. The third kappa shape index (κ3) is 5.88. The Morgan fingerprint density at radius 1 is 1.22 bits per heavy atom. The molecule has 4 nitrogen and oxygen atoms in total. The summed E-state index contributed by atoms with van der Waals surface area (Å²) in [5, 5.41) is 10.1. The van der Waals surface area contributed by atoms with Crippen LogP contribution in [0.25, 0.3) is 6.08 Å². The van der Waals surface area contributed by atoms with Crippen molar-refractivity contribution in [3.63, 3.8) is 0 Å². The fourth-order valence-corrected chi connectivity index (χ4v) is 1.94. The maximum atomic E-state index is 12.1. The number of ether oxygens (including phenoxy) is 1. The number of aliphatic hydroxyl groups is 1. The van der Waals surface area contributed by atoms with E-state index < -0.39 is 12.5 Å². The van der Waals surface area contributed by atoms with E-state index in [1.54, 1.807) is 18.2 Å². The van der Waals surface area contributed by atoms with Crippen molar-refractivity contribution in [2.75, 3.05) is 0 Å². The van der Waals surface area contributed by atoms with Gasteiger partial charge >= 0.3 is 6.36 Å². The lowest BCUT2D eigenvalue weighted by molar-refractivity contribution is -0.274. The summed E-state index contributed by atoms with van der Waals surface area (Å²) in [6.07, 6.45) is -0.474. The fourth-order valence-electron chi connectivity index (χ4n) is 1.79. The summed E-state index contributed by atoms with van der Waals surface area (Å²) in [7, 11) is 0. The quantitative estimate of drug-likeness (QED) is 0.827. The third-order valence-electron chi connectivity index (χ3n) is 2.79. The Labute approximate surface area is 135 Å². The van der Waals surface area contributed by atoms with E-state index in [-0.39, 0.29) is 17.5 Å². The van der Waals surface area contributed by atoms with Crippen LogP contribution < -0.4 is 4.74 Å². The number of rotatable bonds is 5. The van der Waals surface area contributed by atoms with Crippen molar-refractivity contribution >= 4 is 17.7 Å². The molecule has 1 atom stereocenters. The van der Waals surface area contributed by atoms with E-state index in [9.17, 15) is 18.3 Å². The van der Waals surface area contributed by atoms with Crippen molar-refractivity contribution in [2.24, 2.45) is 0 Å². The van der Waals surface area contributed by atoms with Crippen molar-refractivity contribution in [2.45, 2.75) is 18.9 Å². The van der Waals surface area contributed by atoms with E-state index in [0.717, 1.165) is 12.1 Å². The summed E-state index contributed by atoms with van der Waals surface area (Å²) in [4.78, 5) is 7.69. The van der Waals surface area contributed by atoms with E-state index in [1.807, 2.05) is 0 Å². The molecule has 0 unspecified atom stereocenters. The second kappa shape index (κ2) is 7.43. The number of aromatic nitrogens is 2. The second-order valence-electron chi connectivity index (χ2n) is 4.52. The molecule has 122 valence electrons. The molecule has 0 saturated heterocycles. The number of hydrogen-bond donors (Lipinski definition) is 1. The first-order valence-electron chi connectivity index (χ1n) is 6.52. The van der Waals surface area contributed by atoms with E-state index in [4.69, 9.17) is 11.6 Å². The number of hydrogen-bond acceptors (Lipinski definition) is 4. The highest BCUT2D eigenvalue weighted by Crippen LogP contribution is 2.25. The highest BCUT2D eigenvalue weighted by atomic mass is 35.5. The zero-order chi connectivity index (χ0) is 16.9. The average molecular weight is 345 g/mol. The molecule has 8 heteroatoms. The van der Waals surface area contributed by atoms with Gasteiger partial charge in [0, 0.05) is 6.20 Å². The van der Waals surface area contributed by atoms with Crippen molar-refractivity contribution in [3.8, 4) is 5.75 Å². The smallest absolute Gasteiger partial charge is 0.406 e. The zero-order valence-electron chi connectivity index (χ0n) is 11.7. The van der Waals surface area contributed by atoms with Gasteiger partial charge in [-0.25, -0.2) is 9.97 Å². The average Bonchev–Trinajstić information content (AvgIpc) is 2.46. The molecule has 0 aliphatic carbocycles. The topological polar surface area (TPSA) is 55.2 Å². The van der Waals surface area contributed by atoms with Crippen LogP contribution in [0.3, 0.4) is 0 Å². The van der Waals surface area contributed by atoms with Gasteiger partial charge in [0.05, 0.1) is 11.8 Å². The molecule has 0 amide bonds. The summed E-state index contributed by atoms with van der Waals surface area (Å²) in [5.41, 5.74) is 1.07. The lowest BCUT2D eigenvalue weighted by atomic mass is 10.1. The number of aliphatic hydroxyl groups excluding tert-OH is 1. The monoisotopic (exact) mass is 344 g/mol. The predicted octanol–water partition coefficient (Wildman–Crippen LogP) is 4.17. The van der Waals surface area contributed by atoms with Crippen LogP contribution >= 0.6 is 11.6 Å². The van der Waals surface area contributed by atoms with Crippen molar-refractivity contribution < 1.29 is 23.0 Å². The van der Waals surface area contributed by atoms with Gasteiger partial charge in [-0.05, 0) is 47.9 Å². The van der Waals surface area contributed by atoms with Crippen LogP contribution in [0.4, 0.5) is 13.2 Å². The molecule has 0 spiro atoms. The van der Waals surface area contributed by atoms with Crippen molar-refractivity contribution in [1.82, 2.24) is 9.97 Å². The summed E-state index contributed by atoms with van der Waals surface area (Å²) >= 11 is 5.65. The van der Waals surface area contributed by atoms with Gasteiger partial charge in [0.15, 0.2) is 0 Å². The zero-order valence-corrected chi connectivity index (χ0v) is 12.4. The molecule has 0 saturated carbocycles. The van der Waals surface area contributed by atoms with Crippen LogP contribution in [0, 0.1) is 0 Å². The van der Waals surface area contributed by atoms with Crippen LogP contribution in [-0.2, 0) is 0 Å². The number of alkyl halides is 3. The molecule has 0 aliphatic rings. The van der Waals surface area contributed by atoms with Gasteiger partial charge in [-0.2, -0.15) is 0 Å². The van der Waals surface area contributed by atoms with Crippen molar-refractivity contribution in [1.29, 1.82) is 0 Å². The molecule has 0 aliphatic heterocycles. The largest absolute Gasteiger partial charge is 0.573 e. The molecular weight excluding hydrogens is 333 g/mol. The highest BCUT2D eigenvalue weighted by Gasteiger charge is 2.31. The molecule has 0 bridgehead atoms. The molecule has 1 N–H and O–H groups in total. The van der Waals surface area contributed by atoms with E-state index in [1.165, 1.54) is 18.3 Å². The third-order valence-corrected chi connectivity index (χ3v) is 2.98. The number of nitrogens with zero attached hydrogens (tertiary/aromatic N) is 2. The van der Waals surface area contributed by atoms with E-state index >= 15 is 0 Å². The minimum Gasteiger partial charge on any atom is -0.406 e. The van der Waals surface area contributed by atoms with Crippen LogP contribution in [0.2, 0.25) is 5.28 Å². The number of halogens is 4. The van der Waals surface area contributed by atoms with Gasteiger partial charge in [-0.1, -0.05) is 18.2 Å². The Morgan fingerprint density at radius 2 is 1.91 bits per heavy atom. The minimum atomic E-state index is -4.73. The Morgan fingerprint density at radius 3 is 2.52 bits per heavy atom. The lowest BCUT2D eigenvalue weighted by Crippen LogP contribution is -2.17. The SMILES string of the molecule is O[C@@H](C/C=C/c1ccnc(Cl)n1)c1ccc(OC(F)(F)F)cc1. The van der Waals surface area contributed by atoms with Gasteiger partial charge < -0.3 is 9.84 Å². The van der Waals surface area contributed by atoms with E-state index in [0.29, 0.717) is 11.3 Å². The minimum absolute atomic E-state index is 0.118. The van der Waals surface area contributed by atoms with Gasteiger partial charge in [-0.15, -0.1) is 13.2 Å². The Balaban J connectivity index is 1.94. The van der Waals surface area contributed by atoms with Gasteiger partial charge in [0.2, 0.25) is 5.28 Å². The standard InChI is InChI=1S/C15H12ClF3N2O2/c16-14-20-9-8-11(21-14)2-1-3-13(22)10-4-6-12(7-5-10)23-15(17,18)19/h1-2,4-9,13,22H,3H2/b2-1+/t13-/m0/s1. The molecule has 1 heterocycles. The maximum absolute atomic E-state index is 12.1. The Kier molecular flexibility index (Phi) is 5.57. The first-order chi connectivity index (χ1) is 10.8. The fraction of sp³-hybridized carbons (Fsp3) is 0.200. The number of benzene rings is 1. The summed E-state index contributed by atoms with van der Waals surface area (Å²) < 4.78 is 39.9. The van der Waals surface area contributed by atoms with Gasteiger partial charge in [0.25, 0.3) is 0 Å². The van der Waals surface area contributed by atoms with Crippen molar-refractivity contribution in [3.05, 3.63) is 59.1 Å². The normalized spacial score (nSPS) is 13.3. The van der Waals surface area contributed by atoms with Crippen LogP contribution in [0.5, 0.6) is 5.75 Å². The molecule has 1 aromatic heterocycles. The van der Waals surface area contributed by atoms with E-state index in [2.05, 4.69) is 14.7 Å². The van der Waals surface area contributed by atoms with Crippen LogP contribution in [-0.4, -0.2) is 21.4 Å². The first-order valence-corrected chi connectivity index (χ1v) is 6.90. The summed E-state index contributed by atoms with van der Waals surface area (Å²) in [6.45, 7) is 0. The van der Waals surface area contributed by atoms with Crippen LogP contribution in [0.15, 0.2) is 42.6 Å². The Bertz CT molecular complexity index is 675. The molecule has 2 rings (SSSR count). The van der Waals surface area contributed by atoms with Crippen LogP contribution in [0.1, 0.15) is 23.8 Å². The maximum Gasteiger partial charge on any atom is 0.573 e. The molecule has 0 radical (unpaired) electrons. The second-order valence-corrected chi connectivity index (χ2v) is 4.86. The molecule has 0 fully saturated rings. The highest BCUT2D eigenvalue weighted by molar-refractivity contribution is 6.28.